The van der Waals surface area contributed by atoms with Crippen molar-refractivity contribution in [1.82, 2.24) is 30.0 Å². The number of hydrogen-bond donors (Lipinski definition) is 2. The van der Waals surface area contributed by atoms with E-state index in [1.165, 1.54) is 0 Å². The number of amides is 1. The Kier molecular flexibility index (Phi) is 4.63. The fourth-order valence-electron chi connectivity index (χ4n) is 5.45. The molecule has 0 radical (unpaired) electrons. The quantitative estimate of drug-likeness (QED) is 0.498. The van der Waals surface area contributed by atoms with Gasteiger partial charge in [0.2, 0.25) is 17.7 Å². The number of carbonyl (C=O) groups is 1. The van der Waals surface area contributed by atoms with Crippen LogP contribution < -0.4 is 10.1 Å². The molecular weight excluding hydrogens is 418 g/mol. The van der Waals surface area contributed by atoms with Crippen LogP contribution in [-0.2, 0) is 4.79 Å². The van der Waals surface area contributed by atoms with Gasteiger partial charge in [-0.05, 0) is 48.4 Å². The summed E-state index contributed by atoms with van der Waals surface area (Å²) in [5.41, 5.74) is 3.59. The third-order valence-corrected chi connectivity index (χ3v) is 7.05. The van der Waals surface area contributed by atoms with Crippen LogP contribution in [0, 0.1) is 11.8 Å². The number of fused-ring (bicyclic) bond motifs is 3. The number of aromatic amines is 1. The fraction of sp³-hybridized carbons (Fsp3) is 0.375. The van der Waals surface area contributed by atoms with Crippen LogP contribution in [0.2, 0.25) is 0 Å². The standard InChI is InChI=1S/C24H25N7O2/c1-13(32)31-11-16-8-18(9-17(16)12-31)27-24-28-22-21(23(29-24)33-2)19(10-25-22)14-3-4-20-15(7-14)5-6-26-30-20/h3-7,10,16-18H,8-9,11-12H2,1-2H3,(H2,25,27,28,29)/t16-,17+,18?. The van der Waals surface area contributed by atoms with Crippen molar-refractivity contribution < 1.29 is 9.53 Å². The Morgan fingerprint density at radius 1 is 1.18 bits per heavy atom. The third-order valence-electron chi connectivity index (χ3n) is 7.05. The number of benzene rings is 1. The van der Waals surface area contributed by atoms with Crippen molar-refractivity contribution in [3.05, 3.63) is 36.7 Å². The van der Waals surface area contributed by atoms with E-state index in [0.717, 1.165) is 59.0 Å². The highest BCUT2D eigenvalue weighted by atomic mass is 16.5. The monoisotopic (exact) mass is 443 g/mol. The number of H-pyrrole nitrogens is 1. The van der Waals surface area contributed by atoms with Crippen LogP contribution in [0.3, 0.4) is 0 Å². The first-order valence-electron chi connectivity index (χ1n) is 11.3. The highest BCUT2D eigenvalue weighted by Gasteiger charge is 2.41. The summed E-state index contributed by atoms with van der Waals surface area (Å²) >= 11 is 0. The van der Waals surface area contributed by atoms with Gasteiger partial charge in [0.05, 0.1) is 24.2 Å². The molecular formula is C24H25N7O2. The number of nitrogens with one attached hydrogen (secondary N) is 2. The maximum absolute atomic E-state index is 11.7. The summed E-state index contributed by atoms with van der Waals surface area (Å²) in [6, 6.07) is 8.31. The van der Waals surface area contributed by atoms with Crippen molar-refractivity contribution in [2.75, 3.05) is 25.5 Å². The summed E-state index contributed by atoms with van der Waals surface area (Å²) in [4.78, 5) is 26.4. The summed E-state index contributed by atoms with van der Waals surface area (Å²) in [5.74, 6) is 2.37. The van der Waals surface area contributed by atoms with Gasteiger partial charge in [-0.1, -0.05) is 6.07 Å². The molecule has 3 atom stereocenters. The number of nitrogens with zero attached hydrogens (tertiary/aromatic N) is 5. The average Bonchev–Trinajstić information content (AvgIpc) is 3.51. The average molecular weight is 444 g/mol. The van der Waals surface area contributed by atoms with Crippen LogP contribution in [0.15, 0.2) is 36.7 Å². The summed E-state index contributed by atoms with van der Waals surface area (Å²) in [7, 11) is 1.63. The Balaban J connectivity index is 1.28. The van der Waals surface area contributed by atoms with Crippen LogP contribution in [0.1, 0.15) is 19.8 Å². The minimum absolute atomic E-state index is 0.175. The van der Waals surface area contributed by atoms with Gasteiger partial charge in [-0.15, -0.1) is 0 Å². The number of methoxy groups -OCH3 is 1. The molecule has 0 bridgehead atoms. The number of anilines is 1. The highest BCUT2D eigenvalue weighted by molar-refractivity contribution is 5.99. The molecule has 2 fully saturated rings. The third kappa shape index (κ3) is 3.44. The maximum Gasteiger partial charge on any atom is 0.228 e. The van der Waals surface area contributed by atoms with Crippen molar-refractivity contribution in [3.63, 3.8) is 0 Å². The van der Waals surface area contributed by atoms with Crippen LogP contribution in [-0.4, -0.2) is 62.2 Å². The molecule has 9 heteroatoms. The van der Waals surface area contributed by atoms with Crippen molar-refractivity contribution >= 4 is 33.8 Å². The van der Waals surface area contributed by atoms with Gasteiger partial charge in [-0.3, -0.25) is 4.79 Å². The van der Waals surface area contributed by atoms with Crippen molar-refractivity contribution in [2.45, 2.75) is 25.8 Å². The van der Waals surface area contributed by atoms with Gasteiger partial charge in [-0.25, -0.2) is 0 Å². The second kappa shape index (κ2) is 7.68. The lowest BCUT2D eigenvalue weighted by atomic mass is 10.0. The molecule has 1 aliphatic carbocycles. The van der Waals surface area contributed by atoms with E-state index >= 15 is 0 Å². The maximum atomic E-state index is 11.7. The molecule has 1 unspecified atom stereocenters. The molecule has 1 aromatic carbocycles. The fourth-order valence-corrected chi connectivity index (χ4v) is 5.45. The molecule has 4 aromatic rings. The van der Waals surface area contributed by atoms with E-state index in [1.54, 1.807) is 20.2 Å². The first kappa shape index (κ1) is 19.9. The number of carbonyl (C=O) groups excluding carboxylic acids is 1. The SMILES string of the molecule is COc1nc(NC2C[C@@H]3CN(C(C)=O)C[C@@H]3C2)nc2[nH]cc(-c3ccc4nnccc4c3)c12. The van der Waals surface area contributed by atoms with Gasteiger partial charge < -0.3 is 19.9 Å². The lowest BCUT2D eigenvalue weighted by Crippen LogP contribution is -2.29. The Hall–Kier alpha value is -3.75. The molecule has 1 amide bonds. The lowest BCUT2D eigenvalue weighted by Gasteiger charge is -2.18. The van der Waals surface area contributed by atoms with E-state index in [4.69, 9.17) is 9.72 Å². The summed E-state index contributed by atoms with van der Waals surface area (Å²) in [6.45, 7) is 3.38. The van der Waals surface area contributed by atoms with Crippen molar-refractivity contribution in [2.24, 2.45) is 11.8 Å². The number of hydrogen-bond acceptors (Lipinski definition) is 7. The van der Waals surface area contributed by atoms with Crippen LogP contribution >= 0.6 is 0 Å². The van der Waals surface area contributed by atoms with E-state index in [0.29, 0.717) is 29.7 Å². The molecule has 1 aliphatic heterocycles. The van der Waals surface area contributed by atoms with Crippen LogP contribution in [0.5, 0.6) is 5.88 Å². The second-order valence-electron chi connectivity index (χ2n) is 9.04. The zero-order valence-corrected chi connectivity index (χ0v) is 18.6. The van der Waals surface area contributed by atoms with E-state index < -0.39 is 0 Å². The zero-order chi connectivity index (χ0) is 22.5. The van der Waals surface area contributed by atoms with Crippen molar-refractivity contribution in [3.8, 4) is 17.0 Å². The number of likely N-dealkylation sites (tertiary alicyclic amines) is 1. The summed E-state index contributed by atoms with van der Waals surface area (Å²) < 4.78 is 5.68. The summed E-state index contributed by atoms with van der Waals surface area (Å²) in [5, 5.41) is 13.5. The first-order chi connectivity index (χ1) is 16.1. The Morgan fingerprint density at radius 3 is 2.76 bits per heavy atom. The largest absolute Gasteiger partial charge is 0.480 e. The first-order valence-corrected chi connectivity index (χ1v) is 11.3. The Bertz CT molecular complexity index is 1350. The molecule has 168 valence electrons. The molecule has 6 rings (SSSR count). The van der Waals surface area contributed by atoms with E-state index in [1.807, 2.05) is 29.3 Å². The number of ether oxygens (including phenoxy) is 1. The van der Waals surface area contributed by atoms with Gasteiger partial charge in [0.1, 0.15) is 5.65 Å². The lowest BCUT2D eigenvalue weighted by molar-refractivity contribution is -0.128. The molecule has 0 spiro atoms. The molecule has 3 aromatic heterocycles. The Labute approximate surface area is 190 Å². The number of aromatic nitrogens is 5. The predicted molar refractivity (Wildman–Crippen MR) is 125 cm³/mol. The van der Waals surface area contributed by atoms with Gasteiger partial charge in [-0.2, -0.15) is 20.2 Å². The van der Waals surface area contributed by atoms with Crippen molar-refractivity contribution in [1.29, 1.82) is 0 Å². The minimum Gasteiger partial charge on any atom is -0.480 e. The van der Waals surface area contributed by atoms with E-state index in [2.05, 4.69) is 31.5 Å². The predicted octanol–water partition coefficient (Wildman–Crippen LogP) is 3.25. The molecule has 9 nitrogen and oxygen atoms in total. The zero-order valence-electron chi connectivity index (χ0n) is 18.6. The molecule has 1 saturated carbocycles. The van der Waals surface area contributed by atoms with Gasteiger partial charge in [0, 0.05) is 43.2 Å². The highest BCUT2D eigenvalue weighted by Crippen LogP contribution is 2.40. The smallest absolute Gasteiger partial charge is 0.228 e. The summed E-state index contributed by atoms with van der Waals surface area (Å²) in [6.07, 6.45) is 5.68. The topological polar surface area (TPSA) is 109 Å². The van der Waals surface area contributed by atoms with Gasteiger partial charge >= 0.3 is 0 Å². The molecule has 1 saturated heterocycles. The van der Waals surface area contributed by atoms with Gasteiger partial charge in [0.15, 0.2) is 0 Å². The Morgan fingerprint density at radius 2 is 2.00 bits per heavy atom. The molecule has 2 N–H and O–H groups in total. The molecule has 33 heavy (non-hydrogen) atoms. The molecule has 2 aliphatic rings. The molecule has 4 heterocycles. The van der Waals surface area contributed by atoms with Crippen LogP contribution in [0.4, 0.5) is 5.95 Å². The van der Waals surface area contributed by atoms with Crippen LogP contribution in [0.25, 0.3) is 33.1 Å². The normalized spacial score (nSPS) is 22.1. The van der Waals surface area contributed by atoms with E-state index in [-0.39, 0.29) is 5.91 Å². The number of rotatable bonds is 4. The minimum atomic E-state index is 0.175. The second-order valence-corrected chi connectivity index (χ2v) is 9.04. The van der Waals surface area contributed by atoms with Gasteiger partial charge in [0.25, 0.3) is 0 Å². The van der Waals surface area contributed by atoms with E-state index in [9.17, 15) is 4.79 Å².